The third kappa shape index (κ3) is 3.51. The lowest BCUT2D eigenvalue weighted by Crippen LogP contribution is -2.54. The maximum absolute atomic E-state index is 12.1. The van der Waals surface area contributed by atoms with Crippen molar-refractivity contribution in [2.24, 2.45) is 17.8 Å². The van der Waals surface area contributed by atoms with Gasteiger partial charge in [0.2, 0.25) is 5.91 Å². The van der Waals surface area contributed by atoms with Gasteiger partial charge >= 0.3 is 0 Å². The zero-order chi connectivity index (χ0) is 17.3. The van der Waals surface area contributed by atoms with Crippen LogP contribution >= 0.6 is 0 Å². The summed E-state index contributed by atoms with van der Waals surface area (Å²) in [6, 6.07) is 8.12. The molecular formula is C22H28N2O. The Kier molecular flexibility index (Phi) is 4.41. The number of para-hydroxylation sites is 2. The smallest absolute Gasteiger partial charge is 0.248 e. The third-order valence-electron chi connectivity index (χ3n) is 6.17. The van der Waals surface area contributed by atoms with Gasteiger partial charge in [-0.15, -0.1) is 0 Å². The van der Waals surface area contributed by atoms with E-state index in [2.05, 4.69) is 16.7 Å². The number of anilines is 2. The number of benzene rings is 1. The zero-order valence-corrected chi connectivity index (χ0v) is 15.0. The molecule has 25 heavy (non-hydrogen) atoms. The number of carbonyl (C=O) groups excluding carboxylic acids is 1. The Bertz CT molecular complexity index is 668. The molecule has 4 aliphatic rings. The quantitative estimate of drug-likeness (QED) is 0.577. The Morgan fingerprint density at radius 2 is 1.60 bits per heavy atom. The summed E-state index contributed by atoms with van der Waals surface area (Å²) in [7, 11) is 0. The van der Waals surface area contributed by atoms with Gasteiger partial charge in [-0.3, -0.25) is 4.79 Å². The van der Waals surface area contributed by atoms with Crippen LogP contribution in [-0.4, -0.2) is 11.4 Å². The largest absolute Gasteiger partial charge is 0.378 e. The van der Waals surface area contributed by atoms with E-state index in [0.29, 0.717) is 0 Å². The molecule has 2 N–H and O–H groups in total. The van der Waals surface area contributed by atoms with Crippen LogP contribution in [0.1, 0.15) is 45.4 Å². The molecular weight excluding hydrogens is 308 g/mol. The number of carbonyl (C=O) groups is 1. The van der Waals surface area contributed by atoms with Crippen molar-refractivity contribution in [3.05, 3.63) is 48.6 Å². The van der Waals surface area contributed by atoms with E-state index < -0.39 is 0 Å². The van der Waals surface area contributed by atoms with Gasteiger partial charge in [0.05, 0.1) is 11.4 Å². The lowest BCUT2D eigenvalue weighted by Gasteiger charge is -2.57. The highest BCUT2D eigenvalue weighted by molar-refractivity contribution is 6.01. The lowest BCUT2D eigenvalue weighted by molar-refractivity contribution is -0.111. The van der Waals surface area contributed by atoms with E-state index in [1.165, 1.54) is 38.5 Å². The van der Waals surface area contributed by atoms with Gasteiger partial charge in [-0.25, -0.2) is 0 Å². The average molecular weight is 336 g/mol. The molecule has 0 saturated heterocycles. The maximum atomic E-state index is 12.1. The summed E-state index contributed by atoms with van der Waals surface area (Å²) in [4.78, 5) is 12.1. The fourth-order valence-corrected chi connectivity index (χ4v) is 5.68. The fourth-order valence-electron chi connectivity index (χ4n) is 5.68. The first-order valence-corrected chi connectivity index (χ1v) is 9.63. The molecule has 0 aromatic heterocycles. The minimum absolute atomic E-state index is 0.0853. The molecule has 0 aliphatic heterocycles. The van der Waals surface area contributed by atoms with E-state index in [1.807, 2.05) is 37.3 Å². The summed E-state index contributed by atoms with van der Waals surface area (Å²) < 4.78 is 0. The molecule has 5 rings (SSSR count). The minimum atomic E-state index is -0.0853. The highest BCUT2D eigenvalue weighted by Crippen LogP contribution is 2.56. The topological polar surface area (TPSA) is 41.1 Å². The number of amides is 1. The minimum Gasteiger partial charge on any atom is -0.378 e. The normalized spacial score (nSPS) is 33.2. The number of hydrogen-bond donors (Lipinski definition) is 2. The van der Waals surface area contributed by atoms with Gasteiger partial charge < -0.3 is 10.6 Å². The molecule has 4 aliphatic carbocycles. The predicted octanol–water partition coefficient (Wildman–Crippen LogP) is 5.14. The highest BCUT2D eigenvalue weighted by atomic mass is 16.1. The van der Waals surface area contributed by atoms with Crippen LogP contribution < -0.4 is 10.6 Å². The maximum Gasteiger partial charge on any atom is 0.248 e. The van der Waals surface area contributed by atoms with Crippen LogP contribution in [0.2, 0.25) is 0 Å². The summed E-state index contributed by atoms with van der Waals surface area (Å²) in [6.07, 6.45) is 15.3. The van der Waals surface area contributed by atoms with Crippen molar-refractivity contribution in [2.45, 2.75) is 51.0 Å². The van der Waals surface area contributed by atoms with Crippen LogP contribution in [0.25, 0.3) is 0 Å². The van der Waals surface area contributed by atoms with Gasteiger partial charge in [0.15, 0.2) is 0 Å². The molecule has 1 aromatic carbocycles. The second-order valence-corrected chi connectivity index (χ2v) is 8.24. The van der Waals surface area contributed by atoms with E-state index in [4.69, 9.17) is 0 Å². The van der Waals surface area contributed by atoms with Crippen LogP contribution in [0.3, 0.4) is 0 Å². The van der Waals surface area contributed by atoms with Crippen molar-refractivity contribution in [3.63, 3.8) is 0 Å². The molecule has 0 spiro atoms. The summed E-state index contributed by atoms with van der Waals surface area (Å²) in [5, 5.41) is 6.90. The van der Waals surface area contributed by atoms with Gasteiger partial charge in [0.1, 0.15) is 0 Å². The van der Waals surface area contributed by atoms with Crippen LogP contribution in [-0.2, 0) is 4.79 Å². The van der Waals surface area contributed by atoms with Crippen molar-refractivity contribution >= 4 is 17.3 Å². The second-order valence-electron chi connectivity index (χ2n) is 8.24. The van der Waals surface area contributed by atoms with E-state index in [1.54, 1.807) is 12.2 Å². The first kappa shape index (κ1) is 16.4. The number of allylic oxidation sites excluding steroid dienone is 3. The van der Waals surface area contributed by atoms with Crippen molar-refractivity contribution < 1.29 is 4.79 Å². The monoisotopic (exact) mass is 336 g/mol. The van der Waals surface area contributed by atoms with Crippen molar-refractivity contribution in [3.8, 4) is 0 Å². The summed E-state index contributed by atoms with van der Waals surface area (Å²) in [5.41, 5.74) is 2.20. The first-order chi connectivity index (χ1) is 12.2. The number of nitrogens with one attached hydrogen (secondary N) is 2. The van der Waals surface area contributed by atoms with Gasteiger partial charge in [0, 0.05) is 11.6 Å². The van der Waals surface area contributed by atoms with Gasteiger partial charge in [-0.05, 0) is 75.3 Å². The average Bonchev–Trinajstić information content (AvgIpc) is 2.55. The molecule has 4 saturated carbocycles. The molecule has 0 unspecified atom stereocenters. The van der Waals surface area contributed by atoms with Gasteiger partial charge in [-0.1, -0.05) is 30.4 Å². The van der Waals surface area contributed by atoms with E-state index in [-0.39, 0.29) is 11.4 Å². The molecule has 3 nitrogen and oxygen atoms in total. The first-order valence-electron chi connectivity index (χ1n) is 9.63. The SMILES string of the molecule is C/C=C/C=C/C(=O)Nc1ccccc1NC12CC3CC(CC(C3)C1)C2. The van der Waals surface area contributed by atoms with Crippen LogP contribution in [0, 0.1) is 17.8 Å². The Labute approximate surface area is 150 Å². The molecule has 1 aromatic rings. The molecule has 4 fully saturated rings. The standard InChI is InChI=1S/C22H28N2O/c1-2-3-4-9-21(25)23-19-7-5-6-8-20(19)24-22-13-16-10-17(14-22)12-18(11-16)15-22/h2-9,16-18,24H,10-15H2,1H3,(H,23,25)/b3-2+,9-4+. The van der Waals surface area contributed by atoms with E-state index in [0.717, 1.165) is 29.1 Å². The summed E-state index contributed by atoms with van der Waals surface area (Å²) in [5.74, 6) is 2.63. The zero-order valence-electron chi connectivity index (χ0n) is 15.0. The molecule has 3 heteroatoms. The molecule has 4 bridgehead atoms. The third-order valence-corrected chi connectivity index (χ3v) is 6.17. The highest BCUT2D eigenvalue weighted by Gasteiger charge is 2.51. The second kappa shape index (κ2) is 6.70. The van der Waals surface area contributed by atoms with Crippen LogP contribution in [0.4, 0.5) is 11.4 Å². The Balaban J connectivity index is 1.51. The number of rotatable bonds is 5. The Morgan fingerprint density at radius 1 is 1.00 bits per heavy atom. The Morgan fingerprint density at radius 3 is 2.20 bits per heavy atom. The molecule has 0 radical (unpaired) electrons. The van der Waals surface area contributed by atoms with Crippen LogP contribution in [0.5, 0.6) is 0 Å². The molecule has 1 amide bonds. The van der Waals surface area contributed by atoms with Crippen molar-refractivity contribution in [2.75, 3.05) is 10.6 Å². The van der Waals surface area contributed by atoms with Crippen LogP contribution in [0.15, 0.2) is 48.6 Å². The van der Waals surface area contributed by atoms with Crippen molar-refractivity contribution in [1.29, 1.82) is 0 Å². The molecule has 132 valence electrons. The molecule has 0 heterocycles. The predicted molar refractivity (Wildman–Crippen MR) is 104 cm³/mol. The van der Waals surface area contributed by atoms with E-state index in [9.17, 15) is 4.79 Å². The summed E-state index contributed by atoms with van der Waals surface area (Å²) >= 11 is 0. The lowest BCUT2D eigenvalue weighted by atomic mass is 9.53. The molecule has 0 atom stereocenters. The van der Waals surface area contributed by atoms with Gasteiger partial charge in [-0.2, -0.15) is 0 Å². The Hall–Kier alpha value is -2.03. The van der Waals surface area contributed by atoms with Gasteiger partial charge in [0.25, 0.3) is 0 Å². The summed E-state index contributed by atoms with van der Waals surface area (Å²) in [6.45, 7) is 1.94. The van der Waals surface area contributed by atoms with Crippen molar-refractivity contribution in [1.82, 2.24) is 0 Å². The number of hydrogen-bond acceptors (Lipinski definition) is 2. The van der Waals surface area contributed by atoms with E-state index >= 15 is 0 Å². The fraction of sp³-hybridized carbons (Fsp3) is 0.500.